The molecule has 1 N–H and O–H groups in total. The van der Waals surface area contributed by atoms with E-state index in [0.29, 0.717) is 5.56 Å². The van der Waals surface area contributed by atoms with Gasteiger partial charge in [-0.3, -0.25) is 0 Å². The van der Waals surface area contributed by atoms with Crippen molar-refractivity contribution in [2.75, 3.05) is 0 Å². The molecule has 0 aliphatic rings. The first-order valence-electron chi connectivity index (χ1n) is 6.67. The fraction of sp³-hybridized carbons (Fsp3) is 0.0556. The number of hydrogen-bond acceptors (Lipinski definition) is 2. The zero-order valence-electron chi connectivity index (χ0n) is 11.3. The van der Waals surface area contributed by atoms with Crippen LogP contribution in [0, 0.1) is 0 Å². The molecule has 0 saturated heterocycles. The van der Waals surface area contributed by atoms with Crippen LogP contribution in [0.15, 0.2) is 66.7 Å². The molecule has 0 fully saturated rings. The van der Waals surface area contributed by atoms with E-state index in [9.17, 15) is 9.90 Å². The topological polar surface area (TPSA) is 46.5 Å². The average Bonchev–Trinajstić information content (AvgIpc) is 2.53. The lowest BCUT2D eigenvalue weighted by Gasteiger charge is -2.11. The van der Waals surface area contributed by atoms with Gasteiger partial charge in [0.25, 0.3) is 0 Å². The second kappa shape index (κ2) is 5.67. The maximum atomic E-state index is 11.2. The van der Waals surface area contributed by atoms with Crippen LogP contribution in [0.25, 0.3) is 10.8 Å². The average molecular weight is 278 g/mol. The quantitative estimate of drug-likeness (QED) is 0.781. The van der Waals surface area contributed by atoms with Crippen LogP contribution in [-0.2, 0) is 6.61 Å². The van der Waals surface area contributed by atoms with Gasteiger partial charge >= 0.3 is 5.97 Å². The van der Waals surface area contributed by atoms with Gasteiger partial charge in [0.1, 0.15) is 12.4 Å². The van der Waals surface area contributed by atoms with Gasteiger partial charge in [0, 0.05) is 10.9 Å². The summed E-state index contributed by atoms with van der Waals surface area (Å²) in [6, 6.07) is 20.7. The van der Waals surface area contributed by atoms with Gasteiger partial charge < -0.3 is 9.84 Å². The number of hydrogen-bond donors (Lipinski definition) is 1. The van der Waals surface area contributed by atoms with E-state index in [2.05, 4.69) is 0 Å². The molecule has 0 radical (unpaired) electrons. The molecule has 3 nitrogen and oxygen atoms in total. The van der Waals surface area contributed by atoms with Gasteiger partial charge in [-0.25, -0.2) is 4.79 Å². The zero-order chi connectivity index (χ0) is 14.7. The molecule has 0 spiro atoms. The minimum Gasteiger partial charge on any atom is -0.488 e. The summed E-state index contributed by atoms with van der Waals surface area (Å²) >= 11 is 0. The zero-order valence-corrected chi connectivity index (χ0v) is 11.3. The van der Waals surface area contributed by atoms with Crippen LogP contribution in [0.1, 0.15) is 15.9 Å². The Balaban J connectivity index is 1.89. The van der Waals surface area contributed by atoms with Gasteiger partial charge in [-0.05, 0) is 17.5 Å². The fourth-order valence-electron chi connectivity index (χ4n) is 2.33. The van der Waals surface area contributed by atoms with Crippen molar-refractivity contribution >= 4 is 16.7 Å². The van der Waals surface area contributed by atoms with Crippen molar-refractivity contribution in [1.82, 2.24) is 0 Å². The van der Waals surface area contributed by atoms with Crippen LogP contribution in [0.2, 0.25) is 0 Å². The Morgan fingerprint density at radius 1 is 0.905 bits per heavy atom. The van der Waals surface area contributed by atoms with Crippen molar-refractivity contribution in [3.05, 3.63) is 77.9 Å². The third kappa shape index (κ3) is 2.72. The molecule has 3 heteroatoms. The number of carboxylic acid groups (broad SMARTS) is 1. The Labute approximate surface area is 122 Å². The summed E-state index contributed by atoms with van der Waals surface area (Å²) in [7, 11) is 0. The number of aromatic carboxylic acids is 1. The minimum absolute atomic E-state index is 0.233. The first kappa shape index (κ1) is 13.2. The fourth-order valence-corrected chi connectivity index (χ4v) is 2.33. The molecule has 104 valence electrons. The van der Waals surface area contributed by atoms with Crippen molar-refractivity contribution < 1.29 is 14.6 Å². The Kier molecular flexibility index (Phi) is 3.56. The van der Waals surface area contributed by atoms with Crippen LogP contribution in [0.4, 0.5) is 0 Å². The van der Waals surface area contributed by atoms with Gasteiger partial charge in [-0.2, -0.15) is 0 Å². The highest BCUT2D eigenvalue weighted by atomic mass is 16.5. The van der Waals surface area contributed by atoms with Crippen molar-refractivity contribution in [3.8, 4) is 5.75 Å². The summed E-state index contributed by atoms with van der Waals surface area (Å²) in [4.78, 5) is 11.2. The highest BCUT2D eigenvalue weighted by molar-refractivity contribution is 5.89. The predicted octanol–water partition coefficient (Wildman–Crippen LogP) is 4.12. The summed E-state index contributed by atoms with van der Waals surface area (Å²) in [5.41, 5.74) is 0.940. The molecule has 0 amide bonds. The monoisotopic (exact) mass is 278 g/mol. The van der Waals surface area contributed by atoms with Crippen molar-refractivity contribution in [3.63, 3.8) is 0 Å². The van der Waals surface area contributed by atoms with E-state index in [4.69, 9.17) is 4.74 Å². The Hall–Kier alpha value is -2.81. The van der Waals surface area contributed by atoms with Crippen LogP contribution in [0.5, 0.6) is 5.75 Å². The summed E-state index contributed by atoms with van der Waals surface area (Å²) in [6.07, 6.45) is 0. The molecule has 0 unspecified atom stereocenters. The third-order valence-corrected chi connectivity index (χ3v) is 3.38. The van der Waals surface area contributed by atoms with Crippen LogP contribution in [0.3, 0.4) is 0 Å². The largest absolute Gasteiger partial charge is 0.488 e. The molecule has 0 atom stereocenters. The molecule has 0 aliphatic carbocycles. The van der Waals surface area contributed by atoms with Crippen LogP contribution < -0.4 is 4.74 Å². The van der Waals surface area contributed by atoms with Gasteiger partial charge in [-0.15, -0.1) is 0 Å². The first-order chi connectivity index (χ1) is 10.3. The molecule has 0 aliphatic heterocycles. The standard InChI is InChI=1S/C18H14O3/c19-18(20)16-10-4-2-7-14(16)12-21-17-11-5-8-13-6-1-3-9-15(13)17/h1-11H,12H2,(H,19,20). The van der Waals surface area contributed by atoms with E-state index in [1.807, 2.05) is 48.5 Å². The van der Waals surface area contributed by atoms with Crippen molar-refractivity contribution in [2.45, 2.75) is 6.61 Å². The smallest absolute Gasteiger partial charge is 0.336 e. The SMILES string of the molecule is O=C(O)c1ccccc1COc1cccc2ccccc12. The highest BCUT2D eigenvalue weighted by Gasteiger charge is 2.10. The molecular weight excluding hydrogens is 264 g/mol. The third-order valence-electron chi connectivity index (χ3n) is 3.38. The Bertz CT molecular complexity index is 788. The van der Waals surface area contributed by atoms with Crippen LogP contribution >= 0.6 is 0 Å². The molecule has 0 heterocycles. The lowest BCUT2D eigenvalue weighted by molar-refractivity contribution is 0.0694. The van der Waals surface area contributed by atoms with Gasteiger partial charge in [0.15, 0.2) is 0 Å². The first-order valence-corrected chi connectivity index (χ1v) is 6.67. The van der Waals surface area contributed by atoms with Gasteiger partial charge in [-0.1, -0.05) is 54.6 Å². The van der Waals surface area contributed by atoms with Crippen molar-refractivity contribution in [2.24, 2.45) is 0 Å². The summed E-state index contributed by atoms with van der Waals surface area (Å²) in [5, 5.41) is 11.3. The number of benzene rings is 3. The number of rotatable bonds is 4. The molecule has 3 aromatic carbocycles. The van der Waals surface area contributed by atoms with Gasteiger partial charge in [0.05, 0.1) is 5.56 Å². The summed E-state index contributed by atoms with van der Waals surface area (Å²) in [6.45, 7) is 0.233. The molecule has 3 rings (SSSR count). The van der Waals surface area contributed by atoms with E-state index in [1.165, 1.54) is 0 Å². The van der Waals surface area contributed by atoms with E-state index in [-0.39, 0.29) is 12.2 Å². The molecule has 0 saturated carbocycles. The number of carboxylic acids is 1. The summed E-state index contributed by atoms with van der Waals surface area (Å²) < 4.78 is 5.83. The lowest BCUT2D eigenvalue weighted by Crippen LogP contribution is -2.05. The Morgan fingerprint density at radius 3 is 2.48 bits per heavy atom. The molecule has 3 aromatic rings. The lowest BCUT2D eigenvalue weighted by atomic mass is 10.1. The molecule has 21 heavy (non-hydrogen) atoms. The number of fused-ring (bicyclic) bond motifs is 1. The molecule has 0 aromatic heterocycles. The van der Waals surface area contributed by atoms with E-state index in [0.717, 1.165) is 16.5 Å². The minimum atomic E-state index is -0.938. The van der Waals surface area contributed by atoms with Crippen LogP contribution in [-0.4, -0.2) is 11.1 Å². The normalized spacial score (nSPS) is 10.5. The second-order valence-corrected chi connectivity index (χ2v) is 4.73. The molecular formula is C18H14O3. The van der Waals surface area contributed by atoms with E-state index >= 15 is 0 Å². The molecule has 0 bridgehead atoms. The Morgan fingerprint density at radius 2 is 1.62 bits per heavy atom. The maximum Gasteiger partial charge on any atom is 0.336 e. The van der Waals surface area contributed by atoms with Gasteiger partial charge in [0.2, 0.25) is 0 Å². The highest BCUT2D eigenvalue weighted by Crippen LogP contribution is 2.26. The predicted molar refractivity (Wildman–Crippen MR) is 81.7 cm³/mol. The van der Waals surface area contributed by atoms with Crippen molar-refractivity contribution in [1.29, 1.82) is 0 Å². The maximum absolute atomic E-state index is 11.2. The summed E-state index contributed by atoms with van der Waals surface area (Å²) in [5.74, 6) is -0.180. The number of ether oxygens (including phenoxy) is 1. The van der Waals surface area contributed by atoms with E-state index < -0.39 is 5.97 Å². The number of carbonyl (C=O) groups is 1. The second-order valence-electron chi connectivity index (χ2n) is 4.73. The van der Waals surface area contributed by atoms with E-state index in [1.54, 1.807) is 18.2 Å².